The van der Waals surface area contributed by atoms with Gasteiger partial charge in [0.25, 0.3) is 0 Å². The second kappa shape index (κ2) is 25.8. The van der Waals surface area contributed by atoms with Crippen LogP contribution in [0.2, 0.25) is 0 Å². The van der Waals surface area contributed by atoms with E-state index in [-0.39, 0.29) is 19.3 Å². The lowest BCUT2D eigenvalue weighted by molar-refractivity contribution is -0.298. The fraction of sp³-hybridized carbons (Fsp3) is 0.706. The molecule has 0 aromatic heterocycles. The molecule has 2 heterocycles. The van der Waals surface area contributed by atoms with Crippen molar-refractivity contribution >= 4 is 38.9 Å². The topological polar surface area (TPSA) is 414 Å². The second-order valence-electron chi connectivity index (χ2n) is 14.6. The monoisotopic (exact) mass is 1010 g/mol. The number of rotatable bonds is 26. The Morgan fingerprint density at radius 2 is 1.08 bits per heavy atom. The summed E-state index contributed by atoms with van der Waals surface area (Å²) in [6, 6.07) is -4.06. The summed E-state index contributed by atoms with van der Waals surface area (Å²) >= 11 is 0. The molecule has 9 unspecified atom stereocenters. The molecule has 0 spiro atoms. The molecule has 13 N–H and O–H groups in total. The first-order valence-corrected chi connectivity index (χ1v) is 23.0. The third-order valence-electron chi connectivity index (χ3n) is 9.45. The molecule has 3 rings (SSSR count). The SMILES string of the molecule is O=C(CCOCCOCCC(=O)Oc1c(F)c(F)cc(F)c1F)NC(CO[C@H]1OC(CCP(=O)(O)O)[C@@H](O)[C@H](O)C1O)C(=O)NC(COC1OC(CCP(=O)(O)O)C(O)C(O)C1O)C(=O)O. The Morgan fingerprint density at radius 1 is 0.636 bits per heavy atom. The van der Waals surface area contributed by atoms with Gasteiger partial charge in [-0.25, -0.2) is 13.6 Å². The Labute approximate surface area is 370 Å². The Kier molecular flexibility index (Phi) is 22.3. The number of benzene rings is 1. The molecule has 0 radical (unpaired) electrons. The van der Waals surface area contributed by atoms with Crippen molar-refractivity contribution in [2.45, 2.75) is 99.2 Å². The molecule has 2 fully saturated rings. The number of hydrogen-bond acceptors (Lipinski definition) is 19. The summed E-state index contributed by atoms with van der Waals surface area (Å²) in [4.78, 5) is 87.3. The first-order valence-electron chi connectivity index (χ1n) is 19.4. The maximum absolute atomic E-state index is 13.7. The molecule has 32 heteroatoms. The van der Waals surface area contributed by atoms with E-state index in [9.17, 15) is 101 Å². The number of halogens is 4. The third kappa shape index (κ3) is 17.9. The first-order chi connectivity index (χ1) is 30.7. The molecule has 26 nitrogen and oxygen atoms in total. The van der Waals surface area contributed by atoms with E-state index in [4.69, 9.17) is 28.4 Å². The number of aliphatic carboxylic acids is 1. The molecule has 2 amide bonds. The minimum absolute atomic E-state index is 0.0853. The number of hydrogen-bond donors (Lipinski definition) is 13. The molecule has 2 aliphatic rings. The molecule has 2 saturated heterocycles. The van der Waals surface area contributed by atoms with E-state index < -0.39 is 206 Å². The molecule has 1 aromatic carbocycles. The van der Waals surface area contributed by atoms with Gasteiger partial charge in [-0.3, -0.25) is 23.5 Å². The van der Waals surface area contributed by atoms with Gasteiger partial charge in [0.1, 0.15) is 42.7 Å². The van der Waals surface area contributed by atoms with Gasteiger partial charge in [0.05, 0.1) is 70.6 Å². The normalized spacial score (nSPS) is 26.9. The highest BCUT2D eigenvalue weighted by Crippen LogP contribution is 2.38. The summed E-state index contributed by atoms with van der Waals surface area (Å²) in [5, 5.41) is 76.0. The van der Waals surface area contributed by atoms with Crippen LogP contribution in [0.1, 0.15) is 25.7 Å². The van der Waals surface area contributed by atoms with Crippen molar-refractivity contribution in [3.63, 3.8) is 0 Å². The predicted molar refractivity (Wildman–Crippen MR) is 203 cm³/mol. The number of ether oxygens (including phenoxy) is 7. The van der Waals surface area contributed by atoms with Crippen LogP contribution in [0.3, 0.4) is 0 Å². The molecule has 1 aromatic rings. The van der Waals surface area contributed by atoms with Gasteiger partial charge in [0.2, 0.25) is 29.2 Å². The van der Waals surface area contributed by atoms with Crippen LogP contribution in [0.15, 0.2) is 6.07 Å². The molecule has 0 aliphatic carbocycles. The van der Waals surface area contributed by atoms with Gasteiger partial charge in [-0.05, 0) is 12.8 Å². The minimum atomic E-state index is -4.65. The molecule has 66 heavy (non-hydrogen) atoms. The van der Waals surface area contributed by atoms with Crippen molar-refractivity contribution in [3.8, 4) is 5.75 Å². The molecule has 0 bridgehead atoms. The Hall–Kier alpha value is -3.36. The van der Waals surface area contributed by atoms with Crippen LogP contribution in [0, 0.1) is 23.3 Å². The molecule has 378 valence electrons. The van der Waals surface area contributed by atoms with Crippen molar-refractivity contribution in [1.29, 1.82) is 0 Å². The van der Waals surface area contributed by atoms with E-state index in [1.165, 1.54) is 0 Å². The zero-order chi connectivity index (χ0) is 49.7. The third-order valence-corrected chi connectivity index (χ3v) is 11.1. The zero-order valence-electron chi connectivity index (χ0n) is 34.1. The van der Waals surface area contributed by atoms with Gasteiger partial charge in [-0.15, -0.1) is 0 Å². The number of nitrogens with one attached hydrogen (secondary N) is 2. The van der Waals surface area contributed by atoms with Crippen LogP contribution in [0.4, 0.5) is 17.6 Å². The highest BCUT2D eigenvalue weighted by Gasteiger charge is 2.47. The van der Waals surface area contributed by atoms with Crippen LogP contribution < -0.4 is 15.4 Å². The summed E-state index contributed by atoms with van der Waals surface area (Å²) in [7, 11) is -9.29. The molecule has 12 atom stereocenters. The lowest BCUT2D eigenvalue weighted by Gasteiger charge is -2.41. The average molecular weight is 1010 g/mol. The van der Waals surface area contributed by atoms with Crippen LogP contribution in [0.25, 0.3) is 0 Å². The van der Waals surface area contributed by atoms with Crippen LogP contribution in [-0.2, 0) is 56.7 Å². The molecule has 2 aliphatic heterocycles. The van der Waals surface area contributed by atoms with E-state index in [1.54, 1.807) is 0 Å². The van der Waals surface area contributed by atoms with E-state index in [0.29, 0.717) is 0 Å². The average Bonchev–Trinajstić information content (AvgIpc) is 3.23. The zero-order valence-corrected chi connectivity index (χ0v) is 35.9. The largest absolute Gasteiger partial charge is 0.480 e. The number of carbonyl (C=O) groups is 4. The first kappa shape index (κ1) is 57.0. The Morgan fingerprint density at radius 3 is 1.52 bits per heavy atom. The molecule has 0 saturated carbocycles. The van der Waals surface area contributed by atoms with Crippen molar-refractivity contribution < 1.29 is 134 Å². The highest BCUT2D eigenvalue weighted by molar-refractivity contribution is 7.52. The van der Waals surface area contributed by atoms with E-state index in [0.717, 1.165) is 0 Å². The number of aliphatic hydroxyl groups excluding tert-OH is 6. The maximum Gasteiger partial charge on any atom is 0.328 e. The van der Waals surface area contributed by atoms with Gasteiger partial charge >= 0.3 is 27.1 Å². The van der Waals surface area contributed by atoms with Crippen molar-refractivity contribution in [2.24, 2.45) is 0 Å². The fourth-order valence-electron chi connectivity index (χ4n) is 5.90. The minimum Gasteiger partial charge on any atom is -0.480 e. The maximum atomic E-state index is 13.7. The quantitative estimate of drug-likeness (QED) is 0.0104. The summed E-state index contributed by atoms with van der Waals surface area (Å²) in [6.07, 6.45) is -22.7. The molecular weight excluding hydrogens is 958 g/mol. The van der Waals surface area contributed by atoms with Gasteiger partial charge in [-0.2, -0.15) is 8.78 Å². The van der Waals surface area contributed by atoms with Crippen molar-refractivity contribution in [1.82, 2.24) is 10.6 Å². The number of carboxylic acids is 1. The number of carboxylic acid groups (broad SMARTS) is 1. The number of esters is 1. The Balaban J connectivity index is 1.61. The van der Waals surface area contributed by atoms with E-state index >= 15 is 0 Å². The highest BCUT2D eigenvalue weighted by atomic mass is 31.2. The lowest BCUT2D eigenvalue weighted by Crippen LogP contribution is -2.60. The van der Waals surface area contributed by atoms with Gasteiger partial charge in [0.15, 0.2) is 30.3 Å². The van der Waals surface area contributed by atoms with Crippen molar-refractivity contribution in [3.05, 3.63) is 29.3 Å². The van der Waals surface area contributed by atoms with Gasteiger partial charge in [-0.1, -0.05) is 0 Å². The Bertz CT molecular complexity index is 1870. The van der Waals surface area contributed by atoms with Crippen LogP contribution >= 0.6 is 15.2 Å². The van der Waals surface area contributed by atoms with Crippen molar-refractivity contribution in [2.75, 3.05) is 52.0 Å². The summed E-state index contributed by atoms with van der Waals surface area (Å²) in [5.41, 5.74) is 0. The summed E-state index contributed by atoms with van der Waals surface area (Å²) in [5.74, 6) is -14.5. The number of carbonyl (C=O) groups excluding carboxylic acids is 3. The van der Waals surface area contributed by atoms with E-state index in [1.807, 2.05) is 5.32 Å². The van der Waals surface area contributed by atoms with E-state index in [2.05, 4.69) is 10.1 Å². The van der Waals surface area contributed by atoms with Gasteiger partial charge < -0.3 is 99.1 Å². The number of amides is 2. The van der Waals surface area contributed by atoms with Crippen LogP contribution in [0.5, 0.6) is 5.75 Å². The summed E-state index contributed by atoms with van der Waals surface area (Å²) in [6.45, 7) is -3.38. The fourth-order valence-corrected chi connectivity index (χ4v) is 7.08. The second-order valence-corrected chi connectivity index (χ2v) is 18.1. The predicted octanol–water partition coefficient (Wildman–Crippen LogP) is -4.20. The standard InChI is InChI=1S/C34H50F4N2O24P2/c35-14-11-15(36)23(38)30(22(14)37)64-21(42)2-6-59-8-7-58-5-1-20(41)39-16(12-60-33-28(47)26(45)24(43)18(62-33)3-9-65(52,53)54)31(49)40-17(32(50)51)13-61-34-29(48)27(46)25(44)19(63-34)4-10-66(55,56)57/h11,16-19,24-29,33-34,43-48H,1-10,12-13H2,(H,39,41)(H,40,49)(H,50,51)(H2,52,53,54)(H2,55,56,57)/t16?,17?,18?,19?,24-,25?,26+,27?,28?,29?,33+,34?/m1/s1. The van der Waals surface area contributed by atoms with Gasteiger partial charge in [0, 0.05) is 12.5 Å². The van der Waals surface area contributed by atoms with Crippen LogP contribution in [-0.4, -0.2) is 205 Å². The molecular formula is C34H50F4N2O24P2. The smallest absolute Gasteiger partial charge is 0.328 e. The summed E-state index contributed by atoms with van der Waals surface area (Å²) < 4.78 is 113. The lowest BCUT2D eigenvalue weighted by atomic mass is 9.97. The number of aliphatic hydroxyl groups is 6.